The molecule has 3 nitrogen and oxygen atoms in total. The van der Waals surface area contributed by atoms with Crippen molar-refractivity contribution >= 4 is 20.1 Å². The fourth-order valence-electron chi connectivity index (χ4n) is 1.45. The van der Waals surface area contributed by atoms with Crippen LogP contribution in [0, 0.1) is 0 Å². The molecule has 1 rings (SSSR count). The van der Waals surface area contributed by atoms with Crippen molar-refractivity contribution in [2.24, 2.45) is 0 Å². The van der Waals surface area contributed by atoms with Crippen LogP contribution >= 0.6 is 20.1 Å². The van der Waals surface area contributed by atoms with Gasteiger partial charge in [-0.05, 0) is 29.7 Å². The zero-order valence-electron chi connectivity index (χ0n) is 10.6. The topological polar surface area (TPSA) is 43.7 Å². The van der Waals surface area contributed by atoms with Crippen LogP contribution < -0.4 is 0 Å². The van der Waals surface area contributed by atoms with Gasteiger partial charge in [-0.15, -0.1) is 0 Å². The van der Waals surface area contributed by atoms with Crippen molar-refractivity contribution in [3.63, 3.8) is 0 Å². The van der Waals surface area contributed by atoms with Crippen molar-refractivity contribution in [3.8, 4) is 0 Å². The molecule has 0 saturated carbocycles. The molecule has 0 radical (unpaired) electrons. The molecule has 0 spiro atoms. The van der Waals surface area contributed by atoms with Gasteiger partial charge in [-0.25, -0.2) is 4.67 Å². The summed E-state index contributed by atoms with van der Waals surface area (Å²) in [4.78, 5) is 18.1. The Hall–Kier alpha value is -0.180. The Labute approximate surface area is 109 Å². The van der Waals surface area contributed by atoms with E-state index in [-0.39, 0.29) is 5.41 Å². The number of rotatable bonds is 3. The molecule has 0 saturated heterocycles. The third-order valence-electron chi connectivity index (χ3n) is 2.62. The van der Waals surface area contributed by atoms with Crippen LogP contribution in [-0.2, 0) is 12.0 Å². The van der Waals surface area contributed by atoms with Gasteiger partial charge in [0.15, 0.2) is 0 Å². The van der Waals surface area contributed by atoms with Gasteiger partial charge in [0.1, 0.15) is 0 Å². The number of nitrogens with zero attached hydrogens (tertiary/aromatic N) is 1. The molecule has 0 aliphatic rings. The zero-order valence-corrected chi connectivity index (χ0v) is 12.3. The fraction of sp³-hybridized carbons (Fsp3) is 0.500. The maximum atomic E-state index is 9.06. The third kappa shape index (κ3) is 4.20. The first-order valence-corrected chi connectivity index (χ1v) is 6.97. The first-order valence-electron chi connectivity index (χ1n) is 5.39. The molecular formula is C12H19ClNO2P. The van der Waals surface area contributed by atoms with Gasteiger partial charge in [0.2, 0.25) is 0 Å². The molecule has 0 unspecified atom stereocenters. The number of hydrogen-bond acceptors (Lipinski definition) is 3. The van der Waals surface area contributed by atoms with Gasteiger partial charge in [0.05, 0.1) is 0 Å². The quantitative estimate of drug-likeness (QED) is 0.832. The molecule has 0 aromatic heterocycles. The zero-order chi connectivity index (χ0) is 13.2. The second kappa shape index (κ2) is 5.64. The highest BCUT2D eigenvalue weighted by Crippen LogP contribution is 2.32. The summed E-state index contributed by atoms with van der Waals surface area (Å²) < 4.78 is 1.47. The van der Waals surface area contributed by atoms with E-state index in [1.807, 2.05) is 18.2 Å². The van der Waals surface area contributed by atoms with Crippen LogP contribution in [0.25, 0.3) is 0 Å². The lowest BCUT2D eigenvalue weighted by atomic mass is 9.86. The normalized spacial score (nSPS) is 12.5. The Morgan fingerprint density at radius 3 is 2.29 bits per heavy atom. The van der Waals surface area contributed by atoms with E-state index in [0.717, 1.165) is 5.56 Å². The molecule has 96 valence electrons. The lowest BCUT2D eigenvalue weighted by Gasteiger charge is -2.22. The molecular weight excluding hydrogens is 257 g/mol. The third-order valence-corrected chi connectivity index (χ3v) is 3.73. The van der Waals surface area contributed by atoms with E-state index in [1.165, 1.54) is 10.2 Å². The highest BCUT2D eigenvalue weighted by Gasteiger charge is 2.16. The van der Waals surface area contributed by atoms with Crippen molar-refractivity contribution in [1.29, 1.82) is 0 Å². The molecule has 1 aromatic rings. The molecule has 0 atom stereocenters. The van der Waals surface area contributed by atoms with E-state index in [1.54, 1.807) is 7.05 Å². The van der Waals surface area contributed by atoms with Crippen LogP contribution in [0.3, 0.4) is 0 Å². The molecule has 17 heavy (non-hydrogen) atoms. The smallest absolute Gasteiger partial charge is 0.253 e. The summed E-state index contributed by atoms with van der Waals surface area (Å²) in [5, 5.41) is 0.668. The minimum absolute atomic E-state index is 0.0641. The molecule has 2 N–H and O–H groups in total. The van der Waals surface area contributed by atoms with Gasteiger partial charge in [0.25, 0.3) is 8.53 Å². The minimum atomic E-state index is -2.05. The van der Waals surface area contributed by atoms with Gasteiger partial charge in [-0.3, -0.25) is 0 Å². The van der Waals surface area contributed by atoms with E-state index in [0.29, 0.717) is 11.6 Å². The lowest BCUT2D eigenvalue weighted by molar-refractivity contribution is 0.373. The summed E-state index contributed by atoms with van der Waals surface area (Å²) in [6, 6.07) is 5.92. The summed E-state index contributed by atoms with van der Waals surface area (Å²) in [6.45, 7) is 6.82. The summed E-state index contributed by atoms with van der Waals surface area (Å²) in [6.07, 6.45) is 0. The van der Waals surface area contributed by atoms with Gasteiger partial charge < -0.3 is 9.79 Å². The van der Waals surface area contributed by atoms with E-state index in [2.05, 4.69) is 20.8 Å². The fourth-order valence-corrected chi connectivity index (χ4v) is 1.97. The van der Waals surface area contributed by atoms with E-state index in [4.69, 9.17) is 21.4 Å². The molecule has 0 aliphatic carbocycles. The second-order valence-electron chi connectivity index (χ2n) is 5.14. The minimum Gasteiger partial charge on any atom is -0.338 e. The molecule has 5 heteroatoms. The lowest BCUT2D eigenvalue weighted by Crippen LogP contribution is -2.13. The van der Waals surface area contributed by atoms with E-state index < -0.39 is 8.53 Å². The van der Waals surface area contributed by atoms with Gasteiger partial charge in [-0.2, -0.15) is 0 Å². The molecule has 0 bridgehead atoms. The highest BCUT2D eigenvalue weighted by atomic mass is 35.5. The highest BCUT2D eigenvalue weighted by molar-refractivity contribution is 7.42. The summed E-state index contributed by atoms with van der Waals surface area (Å²) in [5.74, 6) is 0. The van der Waals surface area contributed by atoms with E-state index in [9.17, 15) is 0 Å². The Kier molecular flexibility index (Phi) is 4.94. The summed E-state index contributed by atoms with van der Waals surface area (Å²) in [7, 11) is -0.401. The van der Waals surface area contributed by atoms with Gasteiger partial charge in [-0.1, -0.05) is 44.5 Å². The van der Waals surface area contributed by atoms with Gasteiger partial charge in [0, 0.05) is 11.6 Å². The average Bonchev–Trinajstić information content (AvgIpc) is 2.19. The largest absolute Gasteiger partial charge is 0.338 e. The number of benzene rings is 1. The van der Waals surface area contributed by atoms with Crippen LogP contribution in [0.2, 0.25) is 5.02 Å². The van der Waals surface area contributed by atoms with E-state index >= 15 is 0 Å². The van der Waals surface area contributed by atoms with Crippen LogP contribution in [0.15, 0.2) is 18.2 Å². The predicted octanol–water partition coefficient (Wildman–Crippen LogP) is 3.28. The summed E-state index contributed by atoms with van der Waals surface area (Å²) >= 11 is 6.20. The Balaban J connectivity index is 2.91. The maximum Gasteiger partial charge on any atom is 0.253 e. The van der Waals surface area contributed by atoms with Crippen molar-refractivity contribution < 1.29 is 9.79 Å². The molecule has 0 amide bonds. The van der Waals surface area contributed by atoms with Gasteiger partial charge >= 0.3 is 0 Å². The first-order chi connectivity index (χ1) is 7.71. The second-order valence-corrected chi connectivity index (χ2v) is 6.77. The Morgan fingerprint density at radius 1 is 1.29 bits per heavy atom. The molecule has 1 aromatic carbocycles. The molecule has 0 aliphatic heterocycles. The Morgan fingerprint density at radius 2 is 1.88 bits per heavy atom. The van der Waals surface area contributed by atoms with Crippen molar-refractivity contribution in [3.05, 3.63) is 34.3 Å². The Bertz CT molecular complexity index is 391. The van der Waals surface area contributed by atoms with Crippen LogP contribution in [0.5, 0.6) is 0 Å². The van der Waals surface area contributed by atoms with Crippen molar-refractivity contribution in [2.75, 3.05) is 7.05 Å². The van der Waals surface area contributed by atoms with Crippen LogP contribution in [0.4, 0.5) is 0 Å². The van der Waals surface area contributed by atoms with Crippen molar-refractivity contribution in [1.82, 2.24) is 4.67 Å². The molecule has 0 fully saturated rings. The maximum absolute atomic E-state index is 9.06. The first kappa shape index (κ1) is 14.9. The van der Waals surface area contributed by atoms with Crippen molar-refractivity contribution in [2.45, 2.75) is 32.7 Å². The van der Waals surface area contributed by atoms with Crippen LogP contribution in [-0.4, -0.2) is 21.5 Å². The number of halogens is 1. The van der Waals surface area contributed by atoms with Crippen LogP contribution in [0.1, 0.15) is 31.9 Å². The number of hydrogen-bond donors (Lipinski definition) is 2. The summed E-state index contributed by atoms with van der Waals surface area (Å²) in [5.41, 5.74) is 2.14. The monoisotopic (exact) mass is 275 g/mol. The SMILES string of the molecule is CN(Cc1ccc(C(C)(C)C)cc1Cl)P(O)O. The molecule has 0 heterocycles. The standard InChI is InChI=1S/C12H19ClNO2P/c1-12(2,3)10-6-5-9(11(13)7-10)8-14(4)17(15)16/h5-7,15-16H,8H2,1-4H3. The average molecular weight is 276 g/mol. The predicted molar refractivity (Wildman–Crippen MR) is 73.0 cm³/mol.